The van der Waals surface area contributed by atoms with Crippen LogP contribution in [0.5, 0.6) is 5.75 Å². The van der Waals surface area contributed by atoms with Gasteiger partial charge < -0.3 is 14.5 Å². The SMILES string of the molecule is CC(C)(F)c1cc(C(=O)N2CCCC[C@@H]2COc2ccc3c(c2)CN(C2CCC(=O)NC2=O)C3=O)ccn1. The molecule has 0 radical (unpaired) electrons. The van der Waals surface area contributed by atoms with Crippen LogP contribution in [0.1, 0.15) is 77.9 Å². The minimum absolute atomic E-state index is 0.152. The molecule has 1 N–H and O–H groups in total. The molecule has 4 heterocycles. The molecule has 0 saturated carbocycles. The Bertz CT molecular complexity index is 1290. The van der Waals surface area contributed by atoms with Crippen molar-refractivity contribution in [3.8, 4) is 5.75 Å². The first-order valence-electron chi connectivity index (χ1n) is 13.0. The molecule has 3 aliphatic rings. The number of nitrogens with zero attached hydrogens (tertiary/aromatic N) is 3. The van der Waals surface area contributed by atoms with Gasteiger partial charge in [-0.3, -0.25) is 29.5 Å². The van der Waals surface area contributed by atoms with Gasteiger partial charge in [0.25, 0.3) is 11.8 Å². The Morgan fingerprint density at radius 3 is 2.74 bits per heavy atom. The van der Waals surface area contributed by atoms with Gasteiger partial charge in [-0.25, -0.2) is 4.39 Å². The minimum atomic E-state index is -1.65. The number of pyridine rings is 1. The minimum Gasteiger partial charge on any atom is -0.491 e. The number of likely N-dealkylation sites (tertiary alicyclic amines) is 1. The number of nitrogens with one attached hydrogen (secondary N) is 1. The summed E-state index contributed by atoms with van der Waals surface area (Å²) in [4.78, 5) is 57.4. The van der Waals surface area contributed by atoms with Crippen LogP contribution in [0.15, 0.2) is 36.5 Å². The Balaban J connectivity index is 1.26. The number of aromatic nitrogens is 1. The standard InChI is InChI=1S/C28H31FN4O5/c1-28(2,29)23-14-17(10-11-30-23)26(36)32-12-4-3-5-19(32)16-38-20-6-7-21-18(13-20)15-33(27(21)37)22-8-9-24(34)31-25(22)35/h6-7,10-11,13-14,19,22H,3-5,8-9,12,15-16H2,1-2H3,(H,31,34,35)/t19-,22?/m1/s1. The van der Waals surface area contributed by atoms with E-state index in [2.05, 4.69) is 10.3 Å². The Morgan fingerprint density at radius 1 is 1.16 bits per heavy atom. The van der Waals surface area contributed by atoms with Crippen molar-refractivity contribution < 1.29 is 28.3 Å². The van der Waals surface area contributed by atoms with Crippen molar-refractivity contribution in [1.29, 1.82) is 0 Å². The van der Waals surface area contributed by atoms with E-state index in [0.29, 0.717) is 29.8 Å². The largest absolute Gasteiger partial charge is 0.491 e. The number of amides is 4. The van der Waals surface area contributed by atoms with Crippen molar-refractivity contribution in [3.63, 3.8) is 0 Å². The number of carbonyl (C=O) groups excluding carboxylic acids is 4. The lowest BCUT2D eigenvalue weighted by Crippen LogP contribution is -2.52. The van der Waals surface area contributed by atoms with E-state index >= 15 is 0 Å². The highest BCUT2D eigenvalue weighted by atomic mass is 19.1. The smallest absolute Gasteiger partial charge is 0.255 e. The first-order chi connectivity index (χ1) is 18.1. The summed E-state index contributed by atoms with van der Waals surface area (Å²) in [6.45, 7) is 3.96. The number of fused-ring (bicyclic) bond motifs is 1. The van der Waals surface area contributed by atoms with Gasteiger partial charge in [-0.05, 0) is 75.4 Å². The summed E-state index contributed by atoms with van der Waals surface area (Å²) in [6, 6.07) is 7.51. The van der Waals surface area contributed by atoms with Gasteiger partial charge in [-0.2, -0.15) is 0 Å². The van der Waals surface area contributed by atoms with Crippen LogP contribution in [0.2, 0.25) is 0 Å². The number of imide groups is 1. The number of ether oxygens (including phenoxy) is 1. The zero-order valence-electron chi connectivity index (χ0n) is 21.5. The van der Waals surface area contributed by atoms with E-state index in [1.807, 2.05) is 0 Å². The first kappa shape index (κ1) is 25.8. The van der Waals surface area contributed by atoms with Crippen LogP contribution in [0, 0.1) is 0 Å². The molecule has 4 amide bonds. The summed E-state index contributed by atoms with van der Waals surface area (Å²) in [7, 11) is 0. The molecule has 2 aromatic rings. The molecule has 2 saturated heterocycles. The molecule has 1 aromatic heterocycles. The van der Waals surface area contributed by atoms with Gasteiger partial charge in [0.2, 0.25) is 11.8 Å². The van der Waals surface area contributed by atoms with E-state index in [1.165, 1.54) is 31.0 Å². The molecule has 9 nitrogen and oxygen atoms in total. The maximum Gasteiger partial charge on any atom is 0.255 e. The average Bonchev–Trinajstić information content (AvgIpc) is 3.22. The molecular weight excluding hydrogens is 491 g/mol. The van der Waals surface area contributed by atoms with E-state index in [9.17, 15) is 23.6 Å². The van der Waals surface area contributed by atoms with Gasteiger partial charge in [-0.1, -0.05) is 0 Å². The first-order valence-corrected chi connectivity index (χ1v) is 13.0. The molecular formula is C28H31FN4O5. The molecule has 1 unspecified atom stereocenters. The quantitative estimate of drug-likeness (QED) is 0.584. The summed E-state index contributed by atoms with van der Waals surface area (Å²) in [6.07, 6.45) is 4.60. The Hall–Kier alpha value is -3.82. The highest BCUT2D eigenvalue weighted by Gasteiger charge is 2.39. The Kier molecular flexibility index (Phi) is 6.90. The fraction of sp³-hybridized carbons (Fsp3) is 0.464. The lowest BCUT2D eigenvalue weighted by molar-refractivity contribution is -0.136. The van der Waals surface area contributed by atoms with Crippen molar-refractivity contribution in [2.24, 2.45) is 0 Å². The van der Waals surface area contributed by atoms with Crippen LogP contribution in [0.25, 0.3) is 0 Å². The molecule has 0 bridgehead atoms. The normalized spacial score (nSPS) is 21.8. The third-order valence-corrected chi connectivity index (χ3v) is 7.44. The highest BCUT2D eigenvalue weighted by Crippen LogP contribution is 2.31. The van der Waals surface area contributed by atoms with Gasteiger partial charge >= 0.3 is 0 Å². The number of rotatable bonds is 6. The number of hydrogen-bond donors (Lipinski definition) is 1. The van der Waals surface area contributed by atoms with Crippen LogP contribution in [0.3, 0.4) is 0 Å². The summed E-state index contributed by atoms with van der Waals surface area (Å²) >= 11 is 0. The molecule has 10 heteroatoms. The van der Waals surface area contributed by atoms with E-state index in [0.717, 1.165) is 24.8 Å². The fourth-order valence-corrected chi connectivity index (χ4v) is 5.33. The van der Waals surface area contributed by atoms with Gasteiger partial charge in [-0.15, -0.1) is 0 Å². The average molecular weight is 523 g/mol. The van der Waals surface area contributed by atoms with Crippen molar-refractivity contribution in [2.45, 2.75) is 70.2 Å². The number of halogens is 1. The molecule has 0 aliphatic carbocycles. The highest BCUT2D eigenvalue weighted by molar-refractivity contribution is 6.05. The molecule has 2 atom stereocenters. The summed E-state index contributed by atoms with van der Waals surface area (Å²) in [5, 5.41) is 2.31. The molecule has 2 fully saturated rings. The molecule has 0 spiro atoms. The van der Waals surface area contributed by atoms with E-state index in [-0.39, 0.29) is 49.0 Å². The zero-order valence-corrected chi connectivity index (χ0v) is 21.5. The van der Waals surface area contributed by atoms with Crippen LogP contribution >= 0.6 is 0 Å². The lowest BCUT2D eigenvalue weighted by Gasteiger charge is -2.35. The summed E-state index contributed by atoms with van der Waals surface area (Å²) in [5.41, 5.74) is 0.237. The summed E-state index contributed by atoms with van der Waals surface area (Å²) < 4.78 is 20.5. The van der Waals surface area contributed by atoms with Gasteiger partial charge in [0.05, 0.1) is 11.7 Å². The number of piperidine rings is 2. The van der Waals surface area contributed by atoms with Gasteiger partial charge in [0, 0.05) is 36.8 Å². The molecule has 3 aliphatic heterocycles. The second-order valence-corrected chi connectivity index (χ2v) is 10.6. The van der Waals surface area contributed by atoms with Gasteiger partial charge in [0.1, 0.15) is 24.1 Å². The topological polar surface area (TPSA) is 109 Å². The van der Waals surface area contributed by atoms with Crippen molar-refractivity contribution in [3.05, 3.63) is 58.9 Å². The van der Waals surface area contributed by atoms with Crippen molar-refractivity contribution in [2.75, 3.05) is 13.2 Å². The van der Waals surface area contributed by atoms with E-state index in [1.54, 1.807) is 29.2 Å². The van der Waals surface area contributed by atoms with Crippen LogP contribution in [0.4, 0.5) is 4.39 Å². The Labute approximate surface area is 220 Å². The van der Waals surface area contributed by atoms with Crippen LogP contribution < -0.4 is 10.1 Å². The van der Waals surface area contributed by atoms with Crippen molar-refractivity contribution >= 4 is 23.6 Å². The maximum absolute atomic E-state index is 14.4. The van der Waals surface area contributed by atoms with E-state index < -0.39 is 17.6 Å². The third-order valence-electron chi connectivity index (χ3n) is 7.44. The number of carbonyl (C=O) groups is 4. The third kappa shape index (κ3) is 5.12. The van der Waals surface area contributed by atoms with E-state index in [4.69, 9.17) is 4.74 Å². The molecule has 5 rings (SSSR count). The molecule has 1 aromatic carbocycles. The zero-order chi connectivity index (χ0) is 27.0. The monoisotopic (exact) mass is 522 g/mol. The predicted molar refractivity (Wildman–Crippen MR) is 135 cm³/mol. The predicted octanol–water partition coefficient (Wildman–Crippen LogP) is 3.12. The molecule has 38 heavy (non-hydrogen) atoms. The molecule has 200 valence electrons. The number of benzene rings is 1. The van der Waals surface area contributed by atoms with Crippen LogP contribution in [-0.2, 0) is 21.8 Å². The lowest BCUT2D eigenvalue weighted by atomic mass is 10.00. The van der Waals surface area contributed by atoms with Gasteiger partial charge in [0.15, 0.2) is 0 Å². The fourth-order valence-electron chi connectivity index (χ4n) is 5.33. The second kappa shape index (κ2) is 10.2. The van der Waals surface area contributed by atoms with Crippen LogP contribution in [-0.4, -0.2) is 63.6 Å². The number of alkyl halides is 1. The Morgan fingerprint density at radius 2 is 1.97 bits per heavy atom. The number of hydrogen-bond acceptors (Lipinski definition) is 6. The maximum atomic E-state index is 14.4. The van der Waals surface area contributed by atoms with Crippen molar-refractivity contribution in [1.82, 2.24) is 20.1 Å². The summed E-state index contributed by atoms with van der Waals surface area (Å²) in [5.74, 6) is -0.608. The second-order valence-electron chi connectivity index (χ2n) is 10.6.